The normalized spacial score (nSPS) is 10.6. The predicted molar refractivity (Wildman–Crippen MR) is 104 cm³/mol. The van der Waals surface area contributed by atoms with Gasteiger partial charge in [0.1, 0.15) is 23.9 Å². The molecule has 1 amide bonds. The summed E-state index contributed by atoms with van der Waals surface area (Å²) < 4.78 is 23.9. The van der Waals surface area contributed by atoms with Crippen molar-refractivity contribution in [1.82, 2.24) is 5.32 Å². The Morgan fingerprint density at radius 3 is 2.59 bits per heavy atom. The number of rotatable bonds is 9. The van der Waals surface area contributed by atoms with E-state index in [1.165, 1.54) is 17.0 Å². The van der Waals surface area contributed by atoms with Crippen LogP contribution in [0.4, 0.5) is 4.39 Å². The summed E-state index contributed by atoms with van der Waals surface area (Å²) in [7, 11) is 0. The number of amides is 1. The Hall–Kier alpha value is -2.73. The van der Waals surface area contributed by atoms with Crippen LogP contribution in [0.1, 0.15) is 22.7 Å². The predicted octanol–water partition coefficient (Wildman–Crippen LogP) is 4.91. The van der Waals surface area contributed by atoms with Crippen LogP contribution >= 0.6 is 11.8 Å². The first-order valence-corrected chi connectivity index (χ1v) is 9.62. The minimum atomic E-state index is -0.318. The molecular formula is C21H20FNO3S. The summed E-state index contributed by atoms with van der Waals surface area (Å²) in [6.07, 6.45) is 0.868. The molecule has 0 radical (unpaired) electrons. The largest absolute Gasteiger partial charge is 0.486 e. The molecule has 3 rings (SSSR count). The van der Waals surface area contributed by atoms with Crippen LogP contribution in [0.2, 0.25) is 0 Å². The third-order valence-corrected chi connectivity index (χ3v) is 4.80. The number of thioether (sulfide) groups is 1. The SMILES string of the molecule is O=C(NCCCSc1ccccc1)c1ccc(COc2ccc(F)cc2)o1. The fraction of sp³-hybridized carbons (Fsp3) is 0.190. The van der Waals surface area contributed by atoms with Crippen LogP contribution in [0.3, 0.4) is 0 Å². The summed E-state index contributed by atoms with van der Waals surface area (Å²) >= 11 is 1.76. The summed E-state index contributed by atoms with van der Waals surface area (Å²) in [5.74, 6) is 1.69. The second kappa shape index (κ2) is 9.83. The highest BCUT2D eigenvalue weighted by atomic mass is 32.2. The van der Waals surface area contributed by atoms with Crippen LogP contribution < -0.4 is 10.1 Å². The molecule has 1 heterocycles. The molecule has 0 saturated carbocycles. The maximum Gasteiger partial charge on any atom is 0.286 e. The smallest absolute Gasteiger partial charge is 0.286 e. The van der Waals surface area contributed by atoms with Gasteiger partial charge in [-0.05, 0) is 60.7 Å². The zero-order valence-electron chi connectivity index (χ0n) is 14.7. The van der Waals surface area contributed by atoms with Crippen molar-refractivity contribution in [1.29, 1.82) is 0 Å². The highest BCUT2D eigenvalue weighted by Gasteiger charge is 2.11. The molecule has 140 valence electrons. The number of carbonyl (C=O) groups excluding carboxylic acids is 1. The second-order valence-electron chi connectivity index (χ2n) is 5.78. The quantitative estimate of drug-likeness (QED) is 0.420. The van der Waals surface area contributed by atoms with E-state index in [0.29, 0.717) is 18.1 Å². The number of halogens is 1. The Bertz CT molecular complexity index is 849. The van der Waals surface area contributed by atoms with Gasteiger partial charge in [-0.1, -0.05) is 18.2 Å². The van der Waals surface area contributed by atoms with Gasteiger partial charge in [-0.3, -0.25) is 4.79 Å². The Morgan fingerprint density at radius 2 is 1.81 bits per heavy atom. The van der Waals surface area contributed by atoms with Crippen LogP contribution in [0.15, 0.2) is 76.0 Å². The van der Waals surface area contributed by atoms with Gasteiger partial charge in [0.05, 0.1) is 0 Å². The van der Waals surface area contributed by atoms with E-state index in [-0.39, 0.29) is 24.1 Å². The lowest BCUT2D eigenvalue weighted by Crippen LogP contribution is -2.24. The van der Waals surface area contributed by atoms with E-state index < -0.39 is 0 Å². The lowest BCUT2D eigenvalue weighted by Gasteiger charge is -2.05. The molecule has 0 aliphatic rings. The van der Waals surface area contributed by atoms with Crippen LogP contribution in [0.5, 0.6) is 5.75 Å². The summed E-state index contributed by atoms with van der Waals surface area (Å²) in [5, 5.41) is 2.85. The molecule has 0 saturated heterocycles. The average molecular weight is 385 g/mol. The molecular weight excluding hydrogens is 365 g/mol. The monoisotopic (exact) mass is 385 g/mol. The van der Waals surface area contributed by atoms with E-state index in [1.807, 2.05) is 18.2 Å². The van der Waals surface area contributed by atoms with Crippen LogP contribution in [0, 0.1) is 5.82 Å². The topological polar surface area (TPSA) is 51.5 Å². The van der Waals surface area contributed by atoms with Gasteiger partial charge in [-0.15, -0.1) is 11.8 Å². The molecule has 0 bridgehead atoms. The number of hydrogen-bond acceptors (Lipinski definition) is 4. The van der Waals surface area contributed by atoms with Gasteiger partial charge in [0.25, 0.3) is 5.91 Å². The number of ether oxygens (including phenoxy) is 1. The molecule has 3 aromatic rings. The second-order valence-corrected chi connectivity index (χ2v) is 6.95. The lowest BCUT2D eigenvalue weighted by molar-refractivity contribution is 0.0922. The van der Waals surface area contributed by atoms with E-state index in [4.69, 9.17) is 9.15 Å². The first kappa shape index (κ1) is 19.0. The number of furan rings is 1. The molecule has 2 aromatic carbocycles. The van der Waals surface area contributed by atoms with Crippen molar-refractivity contribution in [3.05, 3.63) is 84.1 Å². The van der Waals surface area contributed by atoms with Gasteiger partial charge in [0.2, 0.25) is 0 Å². The van der Waals surface area contributed by atoms with Gasteiger partial charge in [0, 0.05) is 11.4 Å². The summed E-state index contributed by atoms with van der Waals surface area (Å²) in [6, 6.07) is 19.2. The Balaban J connectivity index is 1.37. The highest BCUT2D eigenvalue weighted by molar-refractivity contribution is 7.99. The third kappa shape index (κ3) is 6.18. The Kier molecular flexibility index (Phi) is 6.93. The number of benzene rings is 2. The van der Waals surface area contributed by atoms with Crippen molar-refractivity contribution >= 4 is 17.7 Å². The standard InChI is InChI=1S/C21H20FNO3S/c22-16-7-9-17(10-8-16)25-15-18-11-12-20(26-18)21(24)23-13-4-14-27-19-5-2-1-3-6-19/h1-3,5-12H,4,13-15H2,(H,23,24). The van der Waals surface area contributed by atoms with E-state index in [1.54, 1.807) is 36.0 Å². The van der Waals surface area contributed by atoms with Crippen molar-refractivity contribution in [2.24, 2.45) is 0 Å². The molecule has 1 N–H and O–H groups in total. The van der Waals surface area contributed by atoms with Crippen LogP contribution in [-0.2, 0) is 6.61 Å². The fourth-order valence-electron chi connectivity index (χ4n) is 2.33. The zero-order chi connectivity index (χ0) is 18.9. The van der Waals surface area contributed by atoms with Gasteiger partial charge in [0.15, 0.2) is 5.76 Å². The van der Waals surface area contributed by atoms with Gasteiger partial charge < -0.3 is 14.5 Å². The molecule has 0 aliphatic carbocycles. The van der Waals surface area contributed by atoms with Gasteiger partial charge >= 0.3 is 0 Å². The minimum Gasteiger partial charge on any atom is -0.486 e. The van der Waals surface area contributed by atoms with Crippen molar-refractivity contribution in [3.63, 3.8) is 0 Å². The maximum atomic E-state index is 12.9. The van der Waals surface area contributed by atoms with Crippen molar-refractivity contribution in [2.45, 2.75) is 17.9 Å². The number of nitrogens with one attached hydrogen (secondary N) is 1. The number of carbonyl (C=O) groups is 1. The Labute approximate surface area is 161 Å². The van der Waals surface area contributed by atoms with Crippen molar-refractivity contribution in [2.75, 3.05) is 12.3 Å². The summed E-state index contributed by atoms with van der Waals surface area (Å²) in [4.78, 5) is 13.3. The maximum absolute atomic E-state index is 12.9. The molecule has 6 heteroatoms. The molecule has 4 nitrogen and oxygen atoms in total. The van der Waals surface area contributed by atoms with Gasteiger partial charge in [-0.25, -0.2) is 4.39 Å². The molecule has 27 heavy (non-hydrogen) atoms. The van der Waals surface area contributed by atoms with E-state index in [0.717, 1.165) is 12.2 Å². The average Bonchev–Trinajstić information content (AvgIpc) is 3.17. The minimum absolute atomic E-state index is 0.173. The molecule has 0 unspecified atom stereocenters. The van der Waals surface area contributed by atoms with Crippen LogP contribution in [0.25, 0.3) is 0 Å². The molecule has 0 spiro atoms. The Morgan fingerprint density at radius 1 is 1.04 bits per heavy atom. The van der Waals surface area contributed by atoms with Crippen LogP contribution in [-0.4, -0.2) is 18.2 Å². The van der Waals surface area contributed by atoms with E-state index in [9.17, 15) is 9.18 Å². The zero-order valence-corrected chi connectivity index (χ0v) is 15.5. The lowest BCUT2D eigenvalue weighted by atomic mass is 10.3. The summed E-state index contributed by atoms with van der Waals surface area (Å²) in [5.41, 5.74) is 0. The summed E-state index contributed by atoms with van der Waals surface area (Å²) in [6.45, 7) is 0.757. The number of hydrogen-bond donors (Lipinski definition) is 1. The van der Waals surface area contributed by atoms with Gasteiger partial charge in [-0.2, -0.15) is 0 Å². The molecule has 0 atom stereocenters. The van der Waals surface area contributed by atoms with E-state index >= 15 is 0 Å². The fourth-order valence-corrected chi connectivity index (χ4v) is 3.20. The first-order chi connectivity index (χ1) is 13.2. The molecule has 0 aliphatic heterocycles. The first-order valence-electron chi connectivity index (χ1n) is 8.64. The van der Waals surface area contributed by atoms with Crippen molar-refractivity contribution in [3.8, 4) is 5.75 Å². The van der Waals surface area contributed by atoms with E-state index in [2.05, 4.69) is 17.4 Å². The van der Waals surface area contributed by atoms with Crippen molar-refractivity contribution < 1.29 is 18.3 Å². The third-order valence-electron chi connectivity index (χ3n) is 3.70. The highest BCUT2D eigenvalue weighted by Crippen LogP contribution is 2.18. The molecule has 0 fully saturated rings. The molecule has 1 aromatic heterocycles.